The van der Waals surface area contributed by atoms with Crippen LogP contribution in [0.5, 0.6) is 5.75 Å². The van der Waals surface area contributed by atoms with Crippen molar-refractivity contribution in [1.29, 1.82) is 0 Å². The predicted molar refractivity (Wildman–Crippen MR) is 77.1 cm³/mol. The fourth-order valence-electron chi connectivity index (χ4n) is 2.72. The monoisotopic (exact) mass is 244 g/mol. The molecule has 0 heterocycles. The largest absolute Gasteiger partial charge is 0.494 e. The van der Waals surface area contributed by atoms with Gasteiger partial charge in [0, 0.05) is 5.56 Å². The lowest BCUT2D eigenvalue weighted by Gasteiger charge is -2.23. The fraction of sp³-hybridized carbons (Fsp3) is 0.533. The molecule has 0 bridgehead atoms. The van der Waals surface area contributed by atoms with Gasteiger partial charge in [-0.1, -0.05) is 19.4 Å². The lowest BCUT2D eigenvalue weighted by Crippen LogP contribution is -2.19. The highest BCUT2D eigenvalue weighted by atomic mass is 16.5. The molecule has 1 aliphatic rings. The summed E-state index contributed by atoms with van der Waals surface area (Å²) in [6.07, 6.45) is 7.70. The van der Waals surface area contributed by atoms with Crippen LogP contribution in [-0.4, -0.2) is 20.7 Å². The van der Waals surface area contributed by atoms with Crippen LogP contribution < -0.4 is 10.2 Å². The summed E-state index contributed by atoms with van der Waals surface area (Å²) >= 11 is 0. The van der Waals surface area contributed by atoms with E-state index in [-0.39, 0.29) is 0 Å². The van der Waals surface area contributed by atoms with E-state index < -0.39 is 0 Å². The molecule has 0 spiro atoms. The second kappa shape index (κ2) is 6.08. The summed E-state index contributed by atoms with van der Waals surface area (Å²) < 4.78 is 5.96. The van der Waals surface area contributed by atoms with E-state index in [1.165, 1.54) is 24.0 Å². The first-order chi connectivity index (χ1) is 8.77. The lowest BCUT2D eigenvalue weighted by atomic mass is 9.81. The number of ether oxygens (including phenoxy) is 1. The number of benzene rings is 1. The van der Waals surface area contributed by atoms with E-state index in [4.69, 9.17) is 4.74 Å². The van der Waals surface area contributed by atoms with Crippen LogP contribution in [0.4, 0.5) is 0 Å². The normalized spacial score (nSPS) is 14.1. The van der Waals surface area contributed by atoms with Crippen molar-refractivity contribution >= 4 is 19.6 Å². The molecule has 0 atom stereocenters. The zero-order valence-electron chi connectivity index (χ0n) is 11.4. The van der Waals surface area contributed by atoms with Gasteiger partial charge in [0.2, 0.25) is 0 Å². The van der Waals surface area contributed by atoms with E-state index in [2.05, 4.69) is 6.92 Å². The second-order valence-electron chi connectivity index (χ2n) is 5.10. The summed E-state index contributed by atoms with van der Waals surface area (Å²) in [5.41, 5.74) is 4.49. The van der Waals surface area contributed by atoms with Crippen molar-refractivity contribution in [2.75, 3.05) is 6.61 Å². The second-order valence-corrected chi connectivity index (χ2v) is 5.10. The number of fused-ring (bicyclic) bond motifs is 1. The van der Waals surface area contributed by atoms with Crippen molar-refractivity contribution in [3.8, 4) is 5.75 Å². The Bertz CT molecular complexity index is 441. The van der Waals surface area contributed by atoms with Gasteiger partial charge in [-0.25, -0.2) is 0 Å². The molecule has 1 aromatic rings. The maximum atomic E-state index is 11.2. The van der Waals surface area contributed by atoms with Crippen LogP contribution in [0.3, 0.4) is 0 Å². The molecule has 0 fully saturated rings. The van der Waals surface area contributed by atoms with Crippen LogP contribution in [0.2, 0.25) is 0 Å². The van der Waals surface area contributed by atoms with Gasteiger partial charge in [0.15, 0.2) is 0 Å². The average Bonchev–Trinajstić information content (AvgIpc) is 2.41. The number of carbonyl (C=O) groups is 1. The van der Waals surface area contributed by atoms with E-state index in [0.717, 1.165) is 55.4 Å². The molecule has 1 aliphatic carbocycles. The van der Waals surface area contributed by atoms with Gasteiger partial charge in [0.1, 0.15) is 19.9 Å². The molecule has 0 unspecified atom stereocenters. The first kappa shape index (κ1) is 13.2. The van der Waals surface area contributed by atoms with Crippen LogP contribution in [0.15, 0.2) is 6.07 Å². The standard InChI is InChI=1S/C15H21BO2/c1-2-3-8-18-15-13-7-5-4-6-12(13)11(10-17)9-14(15)16/h9-10H,2-8,16H2,1H3. The van der Waals surface area contributed by atoms with Crippen molar-refractivity contribution in [2.24, 2.45) is 0 Å². The molecule has 2 rings (SSSR count). The molecule has 0 aromatic heterocycles. The van der Waals surface area contributed by atoms with Gasteiger partial charge in [-0.3, -0.25) is 4.79 Å². The Morgan fingerprint density at radius 3 is 2.72 bits per heavy atom. The van der Waals surface area contributed by atoms with Crippen molar-refractivity contribution in [2.45, 2.75) is 45.4 Å². The first-order valence-corrected chi connectivity index (χ1v) is 7.01. The molecule has 0 saturated carbocycles. The smallest absolute Gasteiger partial charge is 0.150 e. The highest BCUT2D eigenvalue weighted by molar-refractivity contribution is 6.34. The van der Waals surface area contributed by atoms with Crippen molar-refractivity contribution < 1.29 is 9.53 Å². The van der Waals surface area contributed by atoms with Crippen molar-refractivity contribution in [3.63, 3.8) is 0 Å². The summed E-state index contributed by atoms with van der Waals surface area (Å²) in [6.45, 7) is 2.95. The van der Waals surface area contributed by atoms with Gasteiger partial charge in [-0.2, -0.15) is 0 Å². The third-order valence-electron chi connectivity index (χ3n) is 3.69. The average molecular weight is 244 g/mol. The molecule has 18 heavy (non-hydrogen) atoms. The Hall–Kier alpha value is -1.25. The minimum atomic E-state index is 0.782. The van der Waals surface area contributed by atoms with Crippen molar-refractivity contribution in [1.82, 2.24) is 0 Å². The van der Waals surface area contributed by atoms with Crippen LogP contribution >= 0.6 is 0 Å². The number of aldehydes is 1. The Morgan fingerprint density at radius 1 is 1.33 bits per heavy atom. The molecule has 0 aliphatic heterocycles. The molecule has 0 radical (unpaired) electrons. The number of hydrogen-bond donors (Lipinski definition) is 0. The minimum Gasteiger partial charge on any atom is -0.494 e. The van der Waals surface area contributed by atoms with E-state index in [9.17, 15) is 4.79 Å². The Labute approximate surface area is 110 Å². The van der Waals surface area contributed by atoms with Crippen LogP contribution in [-0.2, 0) is 12.8 Å². The van der Waals surface area contributed by atoms with Gasteiger partial charge in [-0.05, 0) is 48.7 Å². The van der Waals surface area contributed by atoms with Crippen LogP contribution in [0.1, 0.15) is 54.1 Å². The molecule has 0 N–H and O–H groups in total. The van der Waals surface area contributed by atoms with Gasteiger partial charge in [0.05, 0.1) is 6.61 Å². The number of unbranched alkanes of at least 4 members (excludes halogenated alkanes) is 1. The summed E-state index contributed by atoms with van der Waals surface area (Å²) in [5.74, 6) is 1.05. The molecule has 2 nitrogen and oxygen atoms in total. The number of rotatable bonds is 5. The summed E-state index contributed by atoms with van der Waals surface area (Å²) in [7, 11) is 2.04. The highest BCUT2D eigenvalue weighted by Crippen LogP contribution is 2.30. The zero-order chi connectivity index (χ0) is 13.0. The number of hydrogen-bond acceptors (Lipinski definition) is 2. The van der Waals surface area contributed by atoms with E-state index in [1.807, 2.05) is 13.9 Å². The van der Waals surface area contributed by atoms with Gasteiger partial charge in [0.25, 0.3) is 0 Å². The predicted octanol–water partition coefficient (Wildman–Crippen LogP) is 1.82. The third-order valence-corrected chi connectivity index (χ3v) is 3.69. The summed E-state index contributed by atoms with van der Waals surface area (Å²) in [4.78, 5) is 11.2. The molecule has 3 heteroatoms. The molecular formula is C15H21BO2. The summed E-state index contributed by atoms with van der Waals surface area (Å²) in [6, 6.07) is 1.98. The van der Waals surface area contributed by atoms with E-state index in [0.29, 0.717) is 0 Å². The first-order valence-electron chi connectivity index (χ1n) is 7.01. The minimum absolute atomic E-state index is 0.782. The fourth-order valence-corrected chi connectivity index (χ4v) is 2.72. The number of carbonyl (C=O) groups excluding carboxylic acids is 1. The lowest BCUT2D eigenvalue weighted by molar-refractivity contribution is 0.112. The maximum Gasteiger partial charge on any atom is 0.150 e. The van der Waals surface area contributed by atoms with Gasteiger partial charge >= 0.3 is 0 Å². The van der Waals surface area contributed by atoms with Gasteiger partial charge in [-0.15, -0.1) is 0 Å². The Balaban J connectivity index is 2.35. The molecule has 0 amide bonds. The Morgan fingerprint density at radius 2 is 2.06 bits per heavy atom. The highest BCUT2D eigenvalue weighted by Gasteiger charge is 2.19. The van der Waals surface area contributed by atoms with Crippen LogP contribution in [0.25, 0.3) is 0 Å². The Kier molecular flexibility index (Phi) is 4.46. The maximum absolute atomic E-state index is 11.2. The third kappa shape index (κ3) is 2.60. The molecular weight excluding hydrogens is 223 g/mol. The topological polar surface area (TPSA) is 26.3 Å². The quantitative estimate of drug-likeness (QED) is 0.448. The van der Waals surface area contributed by atoms with Crippen molar-refractivity contribution in [3.05, 3.63) is 22.8 Å². The molecule has 1 aromatic carbocycles. The van der Waals surface area contributed by atoms with Crippen LogP contribution in [0, 0.1) is 0 Å². The molecule has 0 saturated heterocycles. The zero-order valence-corrected chi connectivity index (χ0v) is 11.4. The van der Waals surface area contributed by atoms with E-state index in [1.54, 1.807) is 0 Å². The van der Waals surface area contributed by atoms with E-state index >= 15 is 0 Å². The SMILES string of the molecule is Bc1cc(C=O)c2c(c1OCCCC)CCCC2. The summed E-state index contributed by atoms with van der Waals surface area (Å²) in [5, 5.41) is 0. The molecule has 96 valence electrons. The van der Waals surface area contributed by atoms with Gasteiger partial charge < -0.3 is 4.74 Å².